The smallest absolute Gasteiger partial charge is 0.309 e. The predicted molar refractivity (Wildman–Crippen MR) is 65.4 cm³/mol. The van der Waals surface area contributed by atoms with Crippen molar-refractivity contribution >= 4 is 11.9 Å². The highest BCUT2D eigenvalue weighted by Gasteiger charge is 2.23. The molecular formula is C13H22O4. The number of ether oxygens (including phenoxy) is 2. The summed E-state index contributed by atoms with van der Waals surface area (Å²) in [6.07, 6.45) is 4.19. The third-order valence-electron chi connectivity index (χ3n) is 2.30. The second-order valence-electron chi connectivity index (χ2n) is 3.68. The second-order valence-corrected chi connectivity index (χ2v) is 3.68. The molecule has 0 aromatic heterocycles. The lowest BCUT2D eigenvalue weighted by atomic mass is 9.98. The molecule has 0 aromatic rings. The molecule has 0 aliphatic carbocycles. The molecule has 0 aliphatic heterocycles. The molecule has 0 fully saturated rings. The van der Waals surface area contributed by atoms with Gasteiger partial charge in [0.15, 0.2) is 0 Å². The van der Waals surface area contributed by atoms with E-state index in [9.17, 15) is 9.59 Å². The fourth-order valence-electron chi connectivity index (χ4n) is 1.49. The molecule has 0 heterocycles. The highest BCUT2D eigenvalue weighted by atomic mass is 16.5. The Morgan fingerprint density at radius 1 is 1.24 bits per heavy atom. The van der Waals surface area contributed by atoms with Crippen molar-refractivity contribution in [2.45, 2.75) is 39.5 Å². The van der Waals surface area contributed by atoms with E-state index in [1.165, 1.54) is 0 Å². The van der Waals surface area contributed by atoms with Gasteiger partial charge in [-0.05, 0) is 33.1 Å². The van der Waals surface area contributed by atoms with Crippen LogP contribution >= 0.6 is 0 Å². The molecule has 98 valence electrons. The van der Waals surface area contributed by atoms with Crippen LogP contribution in [-0.2, 0) is 19.1 Å². The molecule has 1 unspecified atom stereocenters. The van der Waals surface area contributed by atoms with Crippen molar-refractivity contribution in [3.05, 3.63) is 12.7 Å². The van der Waals surface area contributed by atoms with E-state index in [4.69, 9.17) is 9.47 Å². The Hall–Kier alpha value is -1.32. The quantitative estimate of drug-likeness (QED) is 0.354. The van der Waals surface area contributed by atoms with Crippen LogP contribution in [0.4, 0.5) is 0 Å². The third-order valence-corrected chi connectivity index (χ3v) is 2.30. The van der Waals surface area contributed by atoms with Gasteiger partial charge in [-0.1, -0.05) is 6.08 Å². The van der Waals surface area contributed by atoms with E-state index in [1.807, 2.05) is 0 Å². The lowest BCUT2D eigenvalue weighted by Crippen LogP contribution is -2.22. The Kier molecular flexibility index (Phi) is 9.11. The molecule has 0 rings (SSSR count). The zero-order chi connectivity index (χ0) is 13.1. The van der Waals surface area contributed by atoms with Crippen molar-refractivity contribution in [2.75, 3.05) is 13.2 Å². The second kappa shape index (κ2) is 9.87. The van der Waals surface area contributed by atoms with E-state index in [-0.39, 0.29) is 18.4 Å². The molecule has 1 atom stereocenters. The lowest BCUT2D eigenvalue weighted by molar-refractivity contribution is -0.155. The van der Waals surface area contributed by atoms with Crippen LogP contribution in [0.25, 0.3) is 0 Å². The molecule has 4 heteroatoms. The molecule has 0 saturated carbocycles. The van der Waals surface area contributed by atoms with E-state index in [2.05, 4.69) is 6.58 Å². The van der Waals surface area contributed by atoms with Gasteiger partial charge in [-0.25, -0.2) is 0 Å². The normalized spacial score (nSPS) is 11.6. The Morgan fingerprint density at radius 2 is 1.88 bits per heavy atom. The maximum absolute atomic E-state index is 11.6. The van der Waals surface area contributed by atoms with Gasteiger partial charge in [-0.2, -0.15) is 0 Å². The first-order valence-corrected chi connectivity index (χ1v) is 6.08. The van der Waals surface area contributed by atoms with Crippen LogP contribution < -0.4 is 0 Å². The Morgan fingerprint density at radius 3 is 2.41 bits per heavy atom. The monoisotopic (exact) mass is 242 g/mol. The molecule has 0 spiro atoms. The van der Waals surface area contributed by atoms with E-state index in [0.29, 0.717) is 19.6 Å². The van der Waals surface area contributed by atoms with E-state index < -0.39 is 5.92 Å². The number of allylic oxidation sites excluding steroid dienone is 1. The first-order chi connectivity index (χ1) is 8.15. The average molecular weight is 242 g/mol. The number of hydrogen-bond acceptors (Lipinski definition) is 4. The van der Waals surface area contributed by atoms with Gasteiger partial charge in [0.05, 0.1) is 25.6 Å². The van der Waals surface area contributed by atoms with Crippen LogP contribution in [0.15, 0.2) is 12.7 Å². The van der Waals surface area contributed by atoms with Gasteiger partial charge in [-0.15, -0.1) is 6.58 Å². The summed E-state index contributed by atoms with van der Waals surface area (Å²) in [5, 5.41) is 0. The van der Waals surface area contributed by atoms with Crippen molar-refractivity contribution in [3.8, 4) is 0 Å². The Balaban J connectivity index is 4.22. The maximum atomic E-state index is 11.6. The fourth-order valence-corrected chi connectivity index (χ4v) is 1.49. The number of carbonyl (C=O) groups is 2. The van der Waals surface area contributed by atoms with Gasteiger partial charge in [-0.3, -0.25) is 9.59 Å². The summed E-state index contributed by atoms with van der Waals surface area (Å²) in [5.74, 6) is -1.05. The number of carbonyl (C=O) groups excluding carboxylic acids is 2. The van der Waals surface area contributed by atoms with Gasteiger partial charge in [0.1, 0.15) is 0 Å². The van der Waals surface area contributed by atoms with Gasteiger partial charge in [0.25, 0.3) is 0 Å². The van der Waals surface area contributed by atoms with Crippen molar-refractivity contribution < 1.29 is 19.1 Å². The molecule has 17 heavy (non-hydrogen) atoms. The molecule has 0 amide bonds. The first-order valence-electron chi connectivity index (χ1n) is 6.08. The predicted octanol–water partition coefficient (Wildman–Crippen LogP) is 2.48. The average Bonchev–Trinajstić information content (AvgIpc) is 2.28. The standard InChI is InChI=1S/C13H22O4/c1-4-7-8-9-11(13(15)17-6-3)10-12(14)16-5-2/h4,11H,1,5-10H2,2-3H3. The summed E-state index contributed by atoms with van der Waals surface area (Å²) in [7, 11) is 0. The maximum Gasteiger partial charge on any atom is 0.309 e. The van der Waals surface area contributed by atoms with Gasteiger partial charge >= 0.3 is 11.9 Å². The van der Waals surface area contributed by atoms with Crippen LogP contribution in [0.2, 0.25) is 0 Å². The number of hydrogen-bond donors (Lipinski definition) is 0. The zero-order valence-corrected chi connectivity index (χ0v) is 10.7. The minimum Gasteiger partial charge on any atom is -0.466 e. The zero-order valence-electron chi connectivity index (χ0n) is 10.7. The summed E-state index contributed by atoms with van der Waals surface area (Å²) >= 11 is 0. The number of rotatable bonds is 9. The molecule has 0 bridgehead atoms. The Bertz CT molecular complexity index is 248. The van der Waals surface area contributed by atoms with Crippen LogP contribution in [0.3, 0.4) is 0 Å². The van der Waals surface area contributed by atoms with Crippen molar-refractivity contribution in [1.29, 1.82) is 0 Å². The summed E-state index contributed by atoms with van der Waals surface area (Å²) in [4.78, 5) is 23.0. The first kappa shape index (κ1) is 15.7. The van der Waals surface area contributed by atoms with Gasteiger partial charge < -0.3 is 9.47 Å². The molecule has 0 aromatic carbocycles. The van der Waals surface area contributed by atoms with Crippen molar-refractivity contribution in [2.24, 2.45) is 5.92 Å². The minimum absolute atomic E-state index is 0.101. The van der Waals surface area contributed by atoms with Crippen molar-refractivity contribution in [1.82, 2.24) is 0 Å². The van der Waals surface area contributed by atoms with Gasteiger partial charge in [0.2, 0.25) is 0 Å². The molecule has 0 N–H and O–H groups in total. The molecule has 0 radical (unpaired) electrons. The third kappa shape index (κ3) is 7.55. The molecular weight excluding hydrogens is 220 g/mol. The highest BCUT2D eigenvalue weighted by Crippen LogP contribution is 2.16. The van der Waals surface area contributed by atoms with Gasteiger partial charge in [0, 0.05) is 0 Å². The largest absolute Gasteiger partial charge is 0.466 e. The van der Waals surface area contributed by atoms with E-state index in [1.54, 1.807) is 19.9 Å². The van der Waals surface area contributed by atoms with Crippen LogP contribution in [0.1, 0.15) is 39.5 Å². The highest BCUT2D eigenvalue weighted by molar-refractivity contribution is 5.79. The molecule has 0 aliphatic rings. The Labute approximate surface area is 103 Å². The fraction of sp³-hybridized carbons (Fsp3) is 0.692. The topological polar surface area (TPSA) is 52.6 Å². The lowest BCUT2D eigenvalue weighted by Gasteiger charge is -2.14. The number of esters is 2. The van der Waals surface area contributed by atoms with Crippen molar-refractivity contribution in [3.63, 3.8) is 0 Å². The van der Waals surface area contributed by atoms with Crippen LogP contribution in [0.5, 0.6) is 0 Å². The molecule has 0 saturated heterocycles. The van der Waals surface area contributed by atoms with E-state index >= 15 is 0 Å². The SMILES string of the molecule is C=CCCCC(CC(=O)OCC)C(=O)OCC. The summed E-state index contributed by atoms with van der Waals surface area (Å²) in [5.41, 5.74) is 0. The summed E-state index contributed by atoms with van der Waals surface area (Å²) in [6, 6.07) is 0. The molecule has 4 nitrogen and oxygen atoms in total. The van der Waals surface area contributed by atoms with Crippen LogP contribution in [0, 0.1) is 5.92 Å². The van der Waals surface area contributed by atoms with Crippen LogP contribution in [-0.4, -0.2) is 25.2 Å². The number of unbranched alkanes of at least 4 members (excludes halogenated alkanes) is 1. The van der Waals surface area contributed by atoms with E-state index in [0.717, 1.165) is 12.8 Å². The summed E-state index contributed by atoms with van der Waals surface area (Å²) < 4.78 is 9.78. The summed E-state index contributed by atoms with van der Waals surface area (Å²) in [6.45, 7) is 7.79. The minimum atomic E-state index is -0.394.